The van der Waals surface area contributed by atoms with Crippen LogP contribution in [0.3, 0.4) is 0 Å². The number of aryl methyl sites for hydroxylation is 1. The summed E-state index contributed by atoms with van der Waals surface area (Å²) in [5.41, 5.74) is 0.689. The minimum atomic E-state index is -4.52. The third-order valence-corrected chi connectivity index (χ3v) is 8.58. The molecule has 4 atom stereocenters. The van der Waals surface area contributed by atoms with Gasteiger partial charge in [-0.1, -0.05) is 12.2 Å². The van der Waals surface area contributed by atoms with E-state index < -0.39 is 29.0 Å². The van der Waals surface area contributed by atoms with E-state index in [9.17, 15) is 23.2 Å². The zero-order chi connectivity index (χ0) is 27.6. The van der Waals surface area contributed by atoms with Gasteiger partial charge in [0, 0.05) is 29.7 Å². The molecule has 0 saturated carbocycles. The third-order valence-electron chi connectivity index (χ3n) is 8.58. The zero-order valence-corrected chi connectivity index (χ0v) is 21.3. The topological polar surface area (TPSA) is 92.0 Å². The summed E-state index contributed by atoms with van der Waals surface area (Å²) in [7, 11) is 0. The highest BCUT2D eigenvalue weighted by Gasteiger charge is 2.69. The minimum Gasteiger partial charge on any atom is -0.367 e. The number of amides is 1. The predicted molar refractivity (Wildman–Crippen MR) is 136 cm³/mol. The number of pyridine rings is 1. The number of nitrogens with zero attached hydrogens (tertiary/aromatic N) is 5. The van der Waals surface area contributed by atoms with Gasteiger partial charge >= 0.3 is 6.18 Å². The summed E-state index contributed by atoms with van der Waals surface area (Å²) in [4.78, 5) is 27.6. The number of hydrogen-bond acceptors (Lipinski definition) is 6. The molecule has 0 unspecified atom stereocenters. The number of rotatable bonds is 5. The molecule has 0 aliphatic carbocycles. The maximum Gasteiger partial charge on any atom is 0.433 e. The van der Waals surface area contributed by atoms with Crippen LogP contribution in [0.4, 0.5) is 18.9 Å². The van der Waals surface area contributed by atoms with Crippen molar-refractivity contribution in [3.8, 4) is 6.07 Å². The highest BCUT2D eigenvalue weighted by Crippen LogP contribution is 2.63. The first-order valence-corrected chi connectivity index (χ1v) is 12.9. The Labute approximate surface area is 223 Å². The number of alkyl halides is 3. The second kappa shape index (κ2) is 8.85. The number of carbonyl (C=O) groups is 1. The van der Waals surface area contributed by atoms with Gasteiger partial charge in [0.2, 0.25) is 5.91 Å². The Morgan fingerprint density at radius 3 is 2.79 bits per heavy atom. The standard InChI is InChI=1S/C29H26F3N5O2/c1-17-15-37(21-8-7-18(14-33)25-20(21)6-4-12-34-25)26(38)24-23(17)28(11-10-27(24,2)39-28)9-3-5-19-13-22(29(30,31)32)36-16-35-19/h4,6-8,12-13,16,23-24H,1,3,5,9-11,15H2,2H3/t23-,24-,27-,28+/m1/s1. The van der Waals surface area contributed by atoms with Crippen LogP contribution in [0.1, 0.15) is 49.6 Å². The second-order valence-corrected chi connectivity index (χ2v) is 10.9. The van der Waals surface area contributed by atoms with E-state index >= 15 is 0 Å². The quantitative estimate of drug-likeness (QED) is 0.408. The first-order chi connectivity index (χ1) is 18.6. The molecule has 3 aliphatic heterocycles. The van der Waals surface area contributed by atoms with E-state index in [1.807, 2.05) is 13.0 Å². The molecule has 3 aliphatic rings. The molecule has 0 N–H and O–H groups in total. The molecule has 200 valence electrons. The summed E-state index contributed by atoms with van der Waals surface area (Å²) in [6.07, 6.45) is 1.02. The molecular weight excluding hydrogens is 507 g/mol. The van der Waals surface area contributed by atoms with Crippen LogP contribution in [-0.4, -0.2) is 38.6 Å². The molecule has 0 radical (unpaired) electrons. The lowest BCUT2D eigenvalue weighted by atomic mass is 9.61. The predicted octanol–water partition coefficient (Wildman–Crippen LogP) is 5.39. The molecule has 7 nitrogen and oxygen atoms in total. The van der Waals surface area contributed by atoms with Gasteiger partial charge in [-0.3, -0.25) is 9.78 Å². The second-order valence-electron chi connectivity index (χ2n) is 10.9. The molecule has 3 saturated heterocycles. The molecule has 1 amide bonds. The zero-order valence-electron chi connectivity index (χ0n) is 21.3. The Bertz CT molecular complexity index is 1550. The summed E-state index contributed by atoms with van der Waals surface area (Å²) < 4.78 is 45.9. The van der Waals surface area contributed by atoms with Crippen LogP contribution >= 0.6 is 0 Å². The fourth-order valence-corrected chi connectivity index (χ4v) is 6.96. The summed E-state index contributed by atoms with van der Waals surface area (Å²) in [5, 5.41) is 10.2. The number of hydrogen-bond donors (Lipinski definition) is 0. The molecule has 2 aromatic heterocycles. The number of fused-ring (bicyclic) bond motifs is 6. The number of halogens is 3. The highest BCUT2D eigenvalue weighted by molar-refractivity contribution is 6.06. The first kappa shape index (κ1) is 25.4. The maximum atomic E-state index is 14.1. The Morgan fingerprint density at radius 1 is 1.21 bits per heavy atom. The molecule has 3 aromatic rings. The van der Waals surface area contributed by atoms with Crippen molar-refractivity contribution < 1.29 is 22.7 Å². The molecule has 0 spiro atoms. The smallest absolute Gasteiger partial charge is 0.367 e. The van der Waals surface area contributed by atoms with E-state index in [4.69, 9.17) is 4.74 Å². The van der Waals surface area contributed by atoms with E-state index in [1.54, 1.807) is 29.3 Å². The van der Waals surface area contributed by atoms with Gasteiger partial charge in [-0.2, -0.15) is 18.4 Å². The van der Waals surface area contributed by atoms with E-state index in [-0.39, 0.29) is 11.8 Å². The Morgan fingerprint density at radius 2 is 2.03 bits per heavy atom. The van der Waals surface area contributed by atoms with E-state index in [2.05, 4.69) is 27.6 Å². The molecule has 6 rings (SSSR count). The number of ether oxygens (including phenoxy) is 1. The summed E-state index contributed by atoms with van der Waals surface area (Å²) in [6.45, 7) is 6.69. The molecule has 39 heavy (non-hydrogen) atoms. The van der Waals surface area contributed by atoms with Crippen LogP contribution in [-0.2, 0) is 22.1 Å². The van der Waals surface area contributed by atoms with Crippen LogP contribution < -0.4 is 4.90 Å². The van der Waals surface area contributed by atoms with Crippen molar-refractivity contribution in [1.82, 2.24) is 15.0 Å². The summed E-state index contributed by atoms with van der Waals surface area (Å²) >= 11 is 0. The molecule has 2 bridgehead atoms. The molecule has 3 fully saturated rings. The lowest BCUT2D eigenvalue weighted by Gasteiger charge is -2.45. The normalized spacial score (nSPS) is 28.1. The highest BCUT2D eigenvalue weighted by atomic mass is 19.4. The van der Waals surface area contributed by atoms with Crippen molar-refractivity contribution in [2.45, 2.75) is 56.4 Å². The van der Waals surface area contributed by atoms with Crippen molar-refractivity contribution in [2.75, 3.05) is 11.4 Å². The van der Waals surface area contributed by atoms with Gasteiger partial charge in [0.15, 0.2) is 0 Å². The molecular formula is C29H26F3N5O2. The van der Waals surface area contributed by atoms with Crippen molar-refractivity contribution in [3.05, 3.63) is 72.0 Å². The SMILES string of the molecule is C=C1CN(c2ccc(C#N)c3ncccc23)C(=O)[C@H]2[C@@H]1[C@]1(CCCc3cc(C(F)(F)F)ncn3)CC[C@@]2(C)O1. The largest absolute Gasteiger partial charge is 0.433 e. The van der Waals surface area contributed by atoms with E-state index in [0.717, 1.165) is 29.8 Å². The molecule has 1 aromatic carbocycles. The average Bonchev–Trinajstić information content (AvgIpc) is 3.39. The van der Waals surface area contributed by atoms with Crippen molar-refractivity contribution in [2.24, 2.45) is 11.8 Å². The van der Waals surface area contributed by atoms with Crippen LogP contribution in [0.5, 0.6) is 0 Å². The fourth-order valence-electron chi connectivity index (χ4n) is 6.96. The van der Waals surface area contributed by atoms with Gasteiger partial charge in [-0.25, -0.2) is 9.97 Å². The van der Waals surface area contributed by atoms with Crippen molar-refractivity contribution in [1.29, 1.82) is 5.26 Å². The van der Waals surface area contributed by atoms with Crippen LogP contribution in [0.15, 0.2) is 55.0 Å². The summed E-state index contributed by atoms with van der Waals surface area (Å²) in [6, 6.07) is 10.3. The Kier molecular flexibility index (Phi) is 5.77. The third kappa shape index (κ3) is 3.98. The first-order valence-electron chi connectivity index (χ1n) is 12.9. The Balaban J connectivity index is 1.26. The fraction of sp³-hybridized carbons (Fsp3) is 0.414. The van der Waals surface area contributed by atoms with Crippen LogP contribution in [0.25, 0.3) is 10.9 Å². The van der Waals surface area contributed by atoms with Gasteiger partial charge in [-0.15, -0.1) is 0 Å². The number of benzene rings is 1. The van der Waals surface area contributed by atoms with Gasteiger partial charge in [0.1, 0.15) is 18.1 Å². The van der Waals surface area contributed by atoms with Gasteiger partial charge in [-0.05, 0) is 69.4 Å². The van der Waals surface area contributed by atoms with Gasteiger partial charge in [0.05, 0.1) is 33.9 Å². The van der Waals surface area contributed by atoms with Crippen LogP contribution in [0.2, 0.25) is 0 Å². The van der Waals surface area contributed by atoms with Crippen molar-refractivity contribution in [3.63, 3.8) is 0 Å². The number of aromatic nitrogens is 3. The number of piperidine rings is 1. The summed E-state index contributed by atoms with van der Waals surface area (Å²) in [5.74, 6) is -0.651. The lowest BCUT2D eigenvalue weighted by molar-refractivity contribution is -0.141. The van der Waals surface area contributed by atoms with E-state index in [0.29, 0.717) is 54.7 Å². The lowest BCUT2D eigenvalue weighted by Crippen LogP contribution is -2.55. The molecule has 10 heteroatoms. The van der Waals surface area contributed by atoms with E-state index in [1.165, 1.54) is 0 Å². The van der Waals surface area contributed by atoms with Crippen LogP contribution in [0, 0.1) is 23.2 Å². The minimum absolute atomic E-state index is 0.0445. The monoisotopic (exact) mass is 533 g/mol. The Hall–Kier alpha value is -3.84. The maximum absolute atomic E-state index is 14.1. The molecule has 5 heterocycles. The number of carbonyl (C=O) groups excluding carboxylic acids is 1. The van der Waals surface area contributed by atoms with Crippen molar-refractivity contribution >= 4 is 22.5 Å². The average molecular weight is 534 g/mol. The number of anilines is 1. The van der Waals surface area contributed by atoms with Gasteiger partial charge in [0.25, 0.3) is 0 Å². The van der Waals surface area contributed by atoms with Gasteiger partial charge < -0.3 is 9.64 Å². The number of nitriles is 1.